The van der Waals surface area contributed by atoms with Gasteiger partial charge in [-0.05, 0) is 56.4 Å². The summed E-state index contributed by atoms with van der Waals surface area (Å²) in [6.45, 7) is 5.99. The zero-order valence-electron chi connectivity index (χ0n) is 18.8. The van der Waals surface area contributed by atoms with Crippen LogP contribution in [0, 0.1) is 17.2 Å². The van der Waals surface area contributed by atoms with Crippen molar-refractivity contribution in [2.75, 3.05) is 6.26 Å². The first-order valence-electron chi connectivity index (χ1n) is 10.7. The molecule has 2 atom stereocenters. The Morgan fingerprint density at radius 2 is 2.16 bits per heavy atom. The Hall–Kier alpha value is -2.47. The first-order chi connectivity index (χ1) is 15.2. The summed E-state index contributed by atoms with van der Waals surface area (Å²) in [6.07, 6.45) is 11.7. The monoisotopic (exact) mass is 471 g/mol. The zero-order chi connectivity index (χ0) is 23.3. The molecule has 0 spiro atoms. The van der Waals surface area contributed by atoms with E-state index in [1.807, 2.05) is 50.4 Å². The molecule has 8 heteroatoms. The fraction of sp³-hybridized carbons (Fsp3) is 0.417. The van der Waals surface area contributed by atoms with Crippen LogP contribution in [0.4, 0.5) is 0 Å². The summed E-state index contributed by atoms with van der Waals surface area (Å²) in [5, 5.41) is 10.3. The van der Waals surface area contributed by atoms with Gasteiger partial charge in [-0.2, -0.15) is 5.26 Å². The Bertz CT molecular complexity index is 1160. The Kier molecular flexibility index (Phi) is 7.88. The van der Waals surface area contributed by atoms with Crippen molar-refractivity contribution in [2.24, 2.45) is 5.92 Å². The Morgan fingerprint density at radius 1 is 1.38 bits per heavy atom. The number of hydrogen-bond donors (Lipinski definition) is 1. The van der Waals surface area contributed by atoms with E-state index in [4.69, 9.17) is 4.74 Å². The second-order valence-corrected chi connectivity index (χ2v) is 11.2. The highest BCUT2D eigenvalue weighted by Gasteiger charge is 2.28. The second-order valence-electron chi connectivity index (χ2n) is 8.34. The van der Waals surface area contributed by atoms with E-state index in [1.54, 1.807) is 11.3 Å². The van der Waals surface area contributed by atoms with Crippen LogP contribution in [0.1, 0.15) is 44.1 Å². The van der Waals surface area contributed by atoms with Crippen LogP contribution in [0.2, 0.25) is 0 Å². The second kappa shape index (κ2) is 10.4. The van der Waals surface area contributed by atoms with Crippen LogP contribution >= 0.6 is 11.3 Å². The van der Waals surface area contributed by atoms with Gasteiger partial charge in [0.1, 0.15) is 16.8 Å². The van der Waals surface area contributed by atoms with Crippen molar-refractivity contribution in [1.82, 2.24) is 9.71 Å². The minimum atomic E-state index is -3.22. The number of nitriles is 1. The lowest BCUT2D eigenvalue weighted by atomic mass is 10.0. The molecule has 32 heavy (non-hydrogen) atoms. The van der Waals surface area contributed by atoms with Crippen molar-refractivity contribution in [3.8, 4) is 22.4 Å². The third kappa shape index (κ3) is 6.52. The van der Waals surface area contributed by atoms with Gasteiger partial charge in [-0.1, -0.05) is 25.2 Å². The largest absolute Gasteiger partial charge is 0.490 e. The molecule has 1 aliphatic carbocycles. The third-order valence-electron chi connectivity index (χ3n) is 5.22. The molecular formula is C24H29N3O3S2. The average Bonchev–Trinajstić information content (AvgIpc) is 3.31. The van der Waals surface area contributed by atoms with Crippen molar-refractivity contribution in [1.29, 1.82) is 5.26 Å². The topological polar surface area (TPSA) is 92.1 Å². The third-order valence-corrected chi connectivity index (χ3v) is 7.00. The molecule has 1 N–H and O–H groups in total. The quantitative estimate of drug-likeness (QED) is 0.595. The molecule has 2 aromatic rings. The summed E-state index contributed by atoms with van der Waals surface area (Å²) in [5.74, 6) is 0.953. The minimum Gasteiger partial charge on any atom is -0.490 e. The molecule has 1 fully saturated rings. The number of sulfonamides is 1. The predicted octanol–water partition coefficient (Wildman–Crippen LogP) is 4.84. The molecule has 0 radical (unpaired) electrons. The van der Waals surface area contributed by atoms with Crippen molar-refractivity contribution >= 4 is 21.4 Å². The van der Waals surface area contributed by atoms with Gasteiger partial charge in [0.25, 0.3) is 0 Å². The molecule has 6 nitrogen and oxygen atoms in total. The van der Waals surface area contributed by atoms with Gasteiger partial charge in [0.2, 0.25) is 10.0 Å². The van der Waals surface area contributed by atoms with Crippen molar-refractivity contribution in [3.05, 3.63) is 58.6 Å². The Labute approximate surface area is 194 Å². The van der Waals surface area contributed by atoms with Crippen LogP contribution in [-0.4, -0.2) is 31.8 Å². The van der Waals surface area contributed by atoms with Crippen LogP contribution < -0.4 is 9.46 Å². The number of rotatable bonds is 8. The Balaban J connectivity index is 1.67. The zero-order valence-corrected chi connectivity index (χ0v) is 20.5. The smallest absolute Gasteiger partial charge is 0.209 e. The summed E-state index contributed by atoms with van der Waals surface area (Å²) in [5.41, 5.74) is 2.53. The molecule has 0 amide bonds. The van der Waals surface area contributed by atoms with Gasteiger partial charge in [-0.3, -0.25) is 0 Å². The molecule has 3 rings (SSSR count). The maximum atomic E-state index is 11.6. The SMILES string of the molecule is CC(C)Oc1ccc(-c2ncc(C/C=C\C=C3/C(C)CC[C@@H]3NS(C)(=O)=O)s2)cc1C#N. The molecule has 1 saturated carbocycles. The molecule has 1 aliphatic rings. The summed E-state index contributed by atoms with van der Waals surface area (Å²) in [7, 11) is -3.22. The molecule has 1 aromatic carbocycles. The molecular weight excluding hydrogens is 442 g/mol. The molecule has 1 unspecified atom stereocenters. The van der Waals surface area contributed by atoms with E-state index in [2.05, 4.69) is 28.8 Å². The van der Waals surface area contributed by atoms with E-state index >= 15 is 0 Å². The normalized spacial score (nSPS) is 20.3. The standard InChI is InChI=1S/C24H29N3O3S2/c1-16(2)30-23-12-10-18(13-19(23)14-25)24-26-15-20(31-24)7-5-6-8-21-17(3)9-11-22(21)27-32(4,28)29/h5-6,8,10,12-13,15-17,22,27H,7,9,11H2,1-4H3/b6-5-,21-8+/t17?,22-/m0/s1. The van der Waals surface area contributed by atoms with Crippen LogP contribution in [0.3, 0.4) is 0 Å². The number of nitrogens with one attached hydrogen (secondary N) is 1. The van der Waals surface area contributed by atoms with Gasteiger partial charge in [0.15, 0.2) is 0 Å². The number of ether oxygens (including phenoxy) is 1. The number of allylic oxidation sites excluding steroid dienone is 3. The van der Waals surface area contributed by atoms with E-state index in [0.717, 1.165) is 40.3 Å². The van der Waals surface area contributed by atoms with E-state index in [-0.39, 0.29) is 12.1 Å². The molecule has 170 valence electrons. The first kappa shape index (κ1) is 24.2. The van der Waals surface area contributed by atoms with Gasteiger partial charge in [0, 0.05) is 29.1 Å². The predicted molar refractivity (Wildman–Crippen MR) is 129 cm³/mol. The highest BCUT2D eigenvalue weighted by molar-refractivity contribution is 7.88. The summed E-state index contributed by atoms with van der Waals surface area (Å²) in [4.78, 5) is 5.63. The highest BCUT2D eigenvalue weighted by atomic mass is 32.2. The molecule has 1 aromatic heterocycles. The van der Waals surface area contributed by atoms with E-state index in [1.165, 1.54) is 6.26 Å². The van der Waals surface area contributed by atoms with E-state index < -0.39 is 10.0 Å². The van der Waals surface area contributed by atoms with Gasteiger partial charge in [-0.15, -0.1) is 11.3 Å². The number of hydrogen-bond acceptors (Lipinski definition) is 6. The van der Waals surface area contributed by atoms with E-state index in [9.17, 15) is 13.7 Å². The number of aromatic nitrogens is 1. The molecule has 1 heterocycles. The van der Waals surface area contributed by atoms with Gasteiger partial charge < -0.3 is 4.74 Å². The Morgan fingerprint density at radius 3 is 2.84 bits per heavy atom. The minimum absolute atomic E-state index is 0.00539. The van der Waals surface area contributed by atoms with Crippen molar-refractivity contribution in [3.63, 3.8) is 0 Å². The maximum Gasteiger partial charge on any atom is 0.209 e. The van der Waals surface area contributed by atoms with Crippen molar-refractivity contribution in [2.45, 2.75) is 52.2 Å². The fourth-order valence-corrected chi connectivity index (χ4v) is 5.42. The first-order valence-corrected chi connectivity index (χ1v) is 13.4. The van der Waals surface area contributed by atoms with E-state index in [0.29, 0.717) is 17.2 Å². The summed E-state index contributed by atoms with van der Waals surface area (Å²) >= 11 is 1.59. The highest BCUT2D eigenvalue weighted by Crippen LogP contribution is 2.32. The van der Waals surface area contributed by atoms with Crippen LogP contribution in [-0.2, 0) is 16.4 Å². The number of nitrogens with zero attached hydrogens (tertiary/aromatic N) is 2. The lowest BCUT2D eigenvalue weighted by molar-refractivity contribution is 0.242. The van der Waals surface area contributed by atoms with Crippen LogP contribution in [0.5, 0.6) is 5.75 Å². The van der Waals surface area contributed by atoms with Crippen LogP contribution in [0.25, 0.3) is 10.6 Å². The molecule has 0 saturated heterocycles. The number of benzene rings is 1. The van der Waals surface area contributed by atoms with Crippen LogP contribution in [0.15, 0.2) is 48.2 Å². The lowest BCUT2D eigenvalue weighted by Crippen LogP contribution is -2.33. The summed E-state index contributed by atoms with van der Waals surface area (Å²) < 4.78 is 31.6. The lowest BCUT2D eigenvalue weighted by Gasteiger charge is -2.14. The average molecular weight is 472 g/mol. The molecule has 0 aliphatic heterocycles. The van der Waals surface area contributed by atoms with Gasteiger partial charge in [-0.25, -0.2) is 18.1 Å². The van der Waals surface area contributed by atoms with Crippen molar-refractivity contribution < 1.29 is 13.2 Å². The van der Waals surface area contributed by atoms with Gasteiger partial charge in [0.05, 0.1) is 17.9 Å². The fourth-order valence-electron chi connectivity index (χ4n) is 3.77. The molecule has 0 bridgehead atoms. The maximum absolute atomic E-state index is 11.6. The van der Waals surface area contributed by atoms with Gasteiger partial charge >= 0.3 is 0 Å². The summed E-state index contributed by atoms with van der Waals surface area (Å²) in [6, 6.07) is 7.65. The number of thiazole rings is 1.